The number of nitrogens with two attached hydrogens (primary N) is 1. The fourth-order valence-corrected chi connectivity index (χ4v) is 4.11. The van der Waals surface area contributed by atoms with E-state index < -0.39 is 54.0 Å². The number of carboxylic acid groups (broad SMARTS) is 1. The molecule has 0 bridgehead atoms. The fraction of sp³-hybridized carbons (Fsp3) is 0.407. The van der Waals surface area contributed by atoms with Crippen molar-refractivity contribution in [2.75, 3.05) is 12.0 Å². The molecule has 3 amide bonds. The summed E-state index contributed by atoms with van der Waals surface area (Å²) in [5.41, 5.74) is 7.27. The van der Waals surface area contributed by atoms with Crippen LogP contribution >= 0.6 is 11.8 Å². The zero-order valence-electron chi connectivity index (χ0n) is 21.5. The first kappa shape index (κ1) is 30.8. The smallest absolute Gasteiger partial charge is 0.326 e. The molecule has 0 aromatic heterocycles. The lowest BCUT2D eigenvalue weighted by Gasteiger charge is -2.26. The number of thioether (sulfide) groups is 1. The van der Waals surface area contributed by atoms with Gasteiger partial charge in [0.2, 0.25) is 17.7 Å². The molecule has 2 aromatic carbocycles. The highest BCUT2D eigenvalue weighted by atomic mass is 32.2. The minimum atomic E-state index is -1.25. The normalized spacial score (nSPS) is 14.8. The van der Waals surface area contributed by atoms with Gasteiger partial charge in [-0.2, -0.15) is 11.8 Å². The predicted molar refractivity (Wildman–Crippen MR) is 146 cm³/mol. The monoisotopic (exact) mass is 544 g/mol. The van der Waals surface area contributed by atoms with Gasteiger partial charge < -0.3 is 31.9 Å². The number of carbonyl (C=O) groups excluding carboxylic acids is 3. The summed E-state index contributed by atoms with van der Waals surface area (Å²) in [7, 11) is 0. The number of nitrogens with one attached hydrogen (secondary N) is 3. The molecule has 0 spiro atoms. The second-order valence-corrected chi connectivity index (χ2v) is 9.93. The lowest BCUT2D eigenvalue weighted by atomic mass is 10.0. The molecule has 11 heteroatoms. The van der Waals surface area contributed by atoms with Gasteiger partial charge >= 0.3 is 5.97 Å². The molecular weight excluding hydrogens is 508 g/mol. The number of hydrogen-bond acceptors (Lipinski definition) is 7. The SMILES string of the molecule is CSCCC(NC(=O)C(Cc1ccccc1)NC(=O)C(Cc1ccccc1)NC(=O)C(N)C(C)O)C(=O)O. The van der Waals surface area contributed by atoms with Gasteiger partial charge in [0.15, 0.2) is 0 Å². The van der Waals surface area contributed by atoms with Crippen molar-refractivity contribution in [3.63, 3.8) is 0 Å². The quantitative estimate of drug-likeness (QED) is 0.188. The predicted octanol–water partition coefficient (Wildman–Crippen LogP) is 0.472. The van der Waals surface area contributed by atoms with Gasteiger partial charge in [-0.05, 0) is 36.5 Å². The van der Waals surface area contributed by atoms with Gasteiger partial charge in [0.1, 0.15) is 24.2 Å². The third kappa shape index (κ3) is 10.2. The molecule has 0 radical (unpaired) electrons. The molecule has 0 heterocycles. The summed E-state index contributed by atoms with van der Waals surface area (Å²) >= 11 is 1.46. The highest BCUT2D eigenvalue weighted by Gasteiger charge is 2.31. The number of amides is 3. The van der Waals surface area contributed by atoms with Gasteiger partial charge in [-0.3, -0.25) is 14.4 Å². The molecule has 0 saturated heterocycles. The number of aliphatic hydroxyl groups excluding tert-OH is 1. The van der Waals surface area contributed by atoms with Crippen molar-refractivity contribution < 1.29 is 29.4 Å². The average molecular weight is 545 g/mol. The molecule has 5 unspecified atom stereocenters. The maximum Gasteiger partial charge on any atom is 0.326 e. The van der Waals surface area contributed by atoms with Gasteiger partial charge in [0.05, 0.1) is 6.10 Å². The van der Waals surface area contributed by atoms with E-state index in [1.807, 2.05) is 18.4 Å². The van der Waals surface area contributed by atoms with Gasteiger partial charge in [-0.1, -0.05) is 60.7 Å². The average Bonchev–Trinajstić information content (AvgIpc) is 2.90. The molecule has 0 aliphatic heterocycles. The Morgan fingerprint density at radius 3 is 1.61 bits per heavy atom. The number of carbonyl (C=O) groups is 4. The molecule has 206 valence electrons. The number of benzene rings is 2. The van der Waals surface area contributed by atoms with E-state index in [9.17, 15) is 29.4 Å². The molecule has 7 N–H and O–H groups in total. The first-order chi connectivity index (χ1) is 18.1. The lowest BCUT2D eigenvalue weighted by molar-refractivity contribution is -0.142. The number of hydrogen-bond donors (Lipinski definition) is 6. The number of aliphatic hydroxyl groups is 1. The summed E-state index contributed by atoms with van der Waals surface area (Å²) < 4.78 is 0. The van der Waals surface area contributed by atoms with E-state index in [1.54, 1.807) is 48.5 Å². The summed E-state index contributed by atoms with van der Waals surface area (Å²) in [5, 5.41) is 27.1. The maximum absolute atomic E-state index is 13.4. The van der Waals surface area contributed by atoms with Crippen LogP contribution in [0.4, 0.5) is 0 Å². The van der Waals surface area contributed by atoms with E-state index in [2.05, 4.69) is 16.0 Å². The number of carboxylic acids is 1. The van der Waals surface area contributed by atoms with Crippen LogP contribution in [0.25, 0.3) is 0 Å². The van der Waals surface area contributed by atoms with E-state index in [1.165, 1.54) is 18.7 Å². The Hall–Kier alpha value is -3.41. The van der Waals surface area contributed by atoms with E-state index in [0.29, 0.717) is 5.75 Å². The molecule has 38 heavy (non-hydrogen) atoms. The summed E-state index contributed by atoms with van der Waals surface area (Å²) in [4.78, 5) is 51.0. The van der Waals surface area contributed by atoms with Crippen molar-refractivity contribution in [3.8, 4) is 0 Å². The topological polar surface area (TPSA) is 171 Å². The number of aliphatic carboxylic acids is 1. The summed E-state index contributed by atoms with van der Waals surface area (Å²) in [5.74, 6) is -2.66. The molecule has 10 nitrogen and oxygen atoms in total. The molecule has 0 aliphatic rings. The van der Waals surface area contributed by atoms with Crippen LogP contribution < -0.4 is 21.7 Å². The molecule has 2 aromatic rings. The molecule has 0 fully saturated rings. The Balaban J connectivity index is 2.29. The molecule has 2 rings (SSSR count). The van der Waals surface area contributed by atoms with Gasteiger partial charge in [0.25, 0.3) is 0 Å². The van der Waals surface area contributed by atoms with E-state index >= 15 is 0 Å². The maximum atomic E-state index is 13.4. The van der Waals surface area contributed by atoms with Crippen molar-refractivity contribution in [1.82, 2.24) is 16.0 Å². The Morgan fingerprint density at radius 1 is 0.789 bits per heavy atom. The van der Waals surface area contributed by atoms with Crippen molar-refractivity contribution in [2.24, 2.45) is 5.73 Å². The zero-order valence-corrected chi connectivity index (χ0v) is 22.3. The van der Waals surface area contributed by atoms with Crippen molar-refractivity contribution in [1.29, 1.82) is 0 Å². The minimum absolute atomic E-state index is 0.104. The third-order valence-corrected chi connectivity index (χ3v) is 6.52. The van der Waals surface area contributed by atoms with Crippen LogP contribution in [0.1, 0.15) is 24.5 Å². The van der Waals surface area contributed by atoms with Crippen molar-refractivity contribution >= 4 is 35.5 Å². The van der Waals surface area contributed by atoms with Gasteiger partial charge in [0, 0.05) is 12.8 Å². The van der Waals surface area contributed by atoms with E-state index in [0.717, 1.165) is 11.1 Å². The largest absolute Gasteiger partial charge is 0.480 e. The standard InChI is InChI=1S/C27H36N4O6S/c1-17(32)23(28)26(35)31-22(16-19-11-7-4-8-12-19)25(34)30-21(15-18-9-5-3-6-10-18)24(33)29-20(27(36)37)13-14-38-2/h3-12,17,20-23,32H,13-16,28H2,1-2H3,(H,29,33)(H,30,34)(H,31,35)(H,36,37). The highest BCUT2D eigenvalue weighted by Crippen LogP contribution is 2.09. The van der Waals surface area contributed by atoms with Crippen LogP contribution in [-0.2, 0) is 32.0 Å². The molecule has 0 saturated carbocycles. The van der Waals surface area contributed by atoms with Gasteiger partial charge in [-0.15, -0.1) is 0 Å². The molecular formula is C27H36N4O6S. The van der Waals surface area contributed by atoms with Crippen molar-refractivity contribution in [2.45, 2.75) is 56.5 Å². The third-order valence-electron chi connectivity index (χ3n) is 5.88. The van der Waals surface area contributed by atoms with Gasteiger partial charge in [-0.25, -0.2) is 4.79 Å². The van der Waals surface area contributed by atoms with Crippen LogP contribution in [-0.4, -0.2) is 76.2 Å². The first-order valence-corrected chi connectivity index (χ1v) is 13.7. The summed E-state index contributed by atoms with van der Waals surface area (Å²) in [6.07, 6.45) is 1.13. The van der Waals surface area contributed by atoms with Crippen LogP contribution in [0.3, 0.4) is 0 Å². The lowest BCUT2D eigenvalue weighted by Crippen LogP contribution is -2.59. The van der Waals surface area contributed by atoms with Crippen molar-refractivity contribution in [3.05, 3.63) is 71.8 Å². The minimum Gasteiger partial charge on any atom is -0.480 e. The highest BCUT2D eigenvalue weighted by molar-refractivity contribution is 7.98. The van der Waals surface area contributed by atoms with E-state index in [-0.39, 0.29) is 19.3 Å². The fourth-order valence-electron chi connectivity index (χ4n) is 3.64. The Kier molecular flexibility index (Phi) is 12.8. The van der Waals surface area contributed by atoms with Crippen LogP contribution in [0.5, 0.6) is 0 Å². The molecule has 0 aliphatic carbocycles. The van der Waals surface area contributed by atoms with Crippen LogP contribution in [0.2, 0.25) is 0 Å². The zero-order chi connectivity index (χ0) is 28.1. The summed E-state index contributed by atoms with van der Waals surface area (Å²) in [6, 6.07) is 13.4. The first-order valence-electron chi connectivity index (χ1n) is 12.3. The van der Waals surface area contributed by atoms with Crippen LogP contribution in [0, 0.1) is 0 Å². The number of rotatable bonds is 15. The Morgan fingerprint density at radius 2 is 1.21 bits per heavy atom. The second kappa shape index (κ2) is 15.8. The Labute approximate surface area is 226 Å². The van der Waals surface area contributed by atoms with E-state index in [4.69, 9.17) is 5.73 Å². The van der Waals surface area contributed by atoms with Crippen LogP contribution in [0.15, 0.2) is 60.7 Å². The second-order valence-electron chi connectivity index (χ2n) is 8.95. The molecule has 5 atom stereocenters. The Bertz CT molecular complexity index is 1050. The summed E-state index contributed by atoms with van der Waals surface area (Å²) in [6.45, 7) is 1.37.